The van der Waals surface area contributed by atoms with Gasteiger partial charge in [-0.2, -0.15) is 0 Å². The molecule has 3 aromatic carbocycles. The largest absolute Gasteiger partial charge is 0.352 e. The van der Waals surface area contributed by atoms with Crippen molar-refractivity contribution in [3.63, 3.8) is 0 Å². The molecule has 0 bridgehead atoms. The molecule has 23 heavy (non-hydrogen) atoms. The molecule has 0 spiro atoms. The SMILES string of the molecule is CC1(C)c2ccccc2N2c3ccccc3Nc3cccc1c32. The molecule has 112 valence electrons. The third kappa shape index (κ3) is 1.53. The molecule has 0 aromatic heterocycles. The Hall–Kier alpha value is -2.74. The predicted octanol–water partition coefficient (Wildman–Crippen LogP) is 5.85. The van der Waals surface area contributed by atoms with E-state index in [9.17, 15) is 0 Å². The maximum Gasteiger partial charge on any atom is 0.0738 e. The summed E-state index contributed by atoms with van der Waals surface area (Å²) in [5, 5.41) is 3.61. The molecule has 0 radical (unpaired) electrons. The van der Waals surface area contributed by atoms with E-state index in [1.165, 1.54) is 33.9 Å². The normalized spacial score (nSPS) is 16.0. The number of hydrogen-bond acceptors (Lipinski definition) is 2. The zero-order valence-electron chi connectivity index (χ0n) is 13.3. The van der Waals surface area contributed by atoms with E-state index in [2.05, 4.69) is 90.8 Å². The summed E-state index contributed by atoms with van der Waals surface area (Å²) in [7, 11) is 0. The van der Waals surface area contributed by atoms with Crippen molar-refractivity contribution >= 4 is 28.4 Å². The topological polar surface area (TPSA) is 15.3 Å². The minimum absolute atomic E-state index is 0.00754. The van der Waals surface area contributed by atoms with E-state index >= 15 is 0 Å². The number of hydrogen-bond donors (Lipinski definition) is 1. The van der Waals surface area contributed by atoms with Gasteiger partial charge in [-0.05, 0) is 35.4 Å². The highest BCUT2D eigenvalue weighted by Crippen LogP contribution is 2.57. The molecule has 2 heterocycles. The zero-order valence-corrected chi connectivity index (χ0v) is 13.3. The molecule has 0 aliphatic carbocycles. The maximum absolute atomic E-state index is 3.61. The van der Waals surface area contributed by atoms with Gasteiger partial charge >= 0.3 is 0 Å². The minimum Gasteiger partial charge on any atom is -0.352 e. The Morgan fingerprint density at radius 2 is 1.35 bits per heavy atom. The lowest BCUT2D eigenvalue weighted by molar-refractivity contribution is 0.632. The Bertz CT molecular complexity index is 940. The third-order valence-electron chi connectivity index (χ3n) is 5.17. The number of nitrogens with one attached hydrogen (secondary N) is 1. The van der Waals surface area contributed by atoms with Crippen molar-refractivity contribution in [3.05, 3.63) is 77.9 Å². The molecular formula is C21H18N2. The lowest BCUT2D eigenvalue weighted by atomic mass is 9.73. The molecule has 0 unspecified atom stereocenters. The van der Waals surface area contributed by atoms with E-state index in [1.54, 1.807) is 0 Å². The van der Waals surface area contributed by atoms with Gasteiger partial charge in [0.05, 0.1) is 28.4 Å². The van der Waals surface area contributed by atoms with Gasteiger partial charge in [-0.15, -0.1) is 0 Å². The van der Waals surface area contributed by atoms with Crippen LogP contribution < -0.4 is 10.2 Å². The number of anilines is 5. The van der Waals surface area contributed by atoms with Crippen molar-refractivity contribution in [3.8, 4) is 0 Å². The van der Waals surface area contributed by atoms with E-state index in [4.69, 9.17) is 0 Å². The second-order valence-electron chi connectivity index (χ2n) is 6.82. The Balaban J connectivity index is 1.92. The van der Waals surface area contributed by atoms with Crippen LogP contribution >= 0.6 is 0 Å². The van der Waals surface area contributed by atoms with Gasteiger partial charge in [0, 0.05) is 5.41 Å². The highest BCUT2D eigenvalue weighted by Gasteiger charge is 2.39. The maximum atomic E-state index is 3.61. The first kappa shape index (κ1) is 12.8. The summed E-state index contributed by atoms with van der Waals surface area (Å²) in [6, 6.07) is 23.9. The summed E-state index contributed by atoms with van der Waals surface area (Å²) in [5.41, 5.74) is 8.87. The second-order valence-corrected chi connectivity index (χ2v) is 6.82. The fourth-order valence-electron chi connectivity index (χ4n) is 4.02. The van der Waals surface area contributed by atoms with Gasteiger partial charge in [-0.25, -0.2) is 0 Å². The zero-order chi connectivity index (χ0) is 15.6. The van der Waals surface area contributed by atoms with Crippen molar-refractivity contribution in [2.24, 2.45) is 0 Å². The molecule has 0 fully saturated rings. The first-order valence-corrected chi connectivity index (χ1v) is 8.07. The van der Waals surface area contributed by atoms with E-state index in [1.807, 2.05) is 0 Å². The number of nitrogens with zero attached hydrogens (tertiary/aromatic N) is 1. The quantitative estimate of drug-likeness (QED) is 0.438. The van der Waals surface area contributed by atoms with Crippen LogP contribution in [-0.4, -0.2) is 0 Å². The van der Waals surface area contributed by atoms with Crippen molar-refractivity contribution in [1.82, 2.24) is 0 Å². The van der Waals surface area contributed by atoms with Crippen LogP contribution in [0.1, 0.15) is 25.0 Å². The third-order valence-corrected chi connectivity index (χ3v) is 5.17. The summed E-state index contributed by atoms with van der Waals surface area (Å²) < 4.78 is 0. The molecule has 3 aromatic rings. The monoisotopic (exact) mass is 298 g/mol. The Morgan fingerprint density at radius 1 is 0.696 bits per heavy atom. The molecule has 0 amide bonds. The molecule has 0 saturated heterocycles. The fourth-order valence-corrected chi connectivity index (χ4v) is 4.02. The first-order chi connectivity index (χ1) is 11.2. The summed E-state index contributed by atoms with van der Waals surface area (Å²) >= 11 is 0. The van der Waals surface area contributed by atoms with Crippen molar-refractivity contribution in [1.29, 1.82) is 0 Å². The molecule has 0 atom stereocenters. The van der Waals surface area contributed by atoms with Gasteiger partial charge in [0.15, 0.2) is 0 Å². The van der Waals surface area contributed by atoms with Crippen LogP contribution in [0.2, 0.25) is 0 Å². The van der Waals surface area contributed by atoms with Gasteiger partial charge in [-0.3, -0.25) is 0 Å². The van der Waals surface area contributed by atoms with E-state index in [0.717, 1.165) is 5.69 Å². The Kier molecular flexibility index (Phi) is 2.31. The average molecular weight is 298 g/mol. The van der Waals surface area contributed by atoms with Crippen LogP contribution in [0.5, 0.6) is 0 Å². The average Bonchev–Trinajstić information content (AvgIpc) is 2.58. The van der Waals surface area contributed by atoms with E-state index < -0.39 is 0 Å². The van der Waals surface area contributed by atoms with E-state index in [-0.39, 0.29) is 5.41 Å². The molecule has 1 N–H and O–H groups in total. The molecule has 2 aliphatic heterocycles. The molecule has 0 saturated carbocycles. The highest BCUT2D eigenvalue weighted by atomic mass is 15.2. The van der Waals surface area contributed by atoms with Crippen molar-refractivity contribution in [2.75, 3.05) is 10.2 Å². The molecule has 5 rings (SSSR count). The van der Waals surface area contributed by atoms with Gasteiger partial charge in [0.2, 0.25) is 0 Å². The predicted molar refractivity (Wildman–Crippen MR) is 96.5 cm³/mol. The Labute approximate surface area is 136 Å². The lowest BCUT2D eigenvalue weighted by Gasteiger charge is -2.45. The van der Waals surface area contributed by atoms with Crippen molar-refractivity contribution in [2.45, 2.75) is 19.3 Å². The highest BCUT2D eigenvalue weighted by molar-refractivity contribution is 6.01. The number of fused-ring (bicyclic) bond motifs is 4. The van der Waals surface area contributed by atoms with E-state index in [0.29, 0.717) is 0 Å². The van der Waals surface area contributed by atoms with Crippen LogP contribution in [0.3, 0.4) is 0 Å². The van der Waals surface area contributed by atoms with Crippen LogP contribution in [0.15, 0.2) is 66.7 Å². The summed E-state index contributed by atoms with van der Waals surface area (Å²) in [6.07, 6.45) is 0. The number of para-hydroxylation sites is 4. The van der Waals surface area contributed by atoms with Crippen LogP contribution in [0, 0.1) is 0 Å². The van der Waals surface area contributed by atoms with Gasteiger partial charge in [0.1, 0.15) is 0 Å². The lowest BCUT2D eigenvalue weighted by Crippen LogP contribution is -2.32. The molecule has 2 aliphatic rings. The fraction of sp³-hybridized carbons (Fsp3) is 0.143. The number of rotatable bonds is 0. The second kappa shape index (κ2) is 4.17. The molecule has 2 nitrogen and oxygen atoms in total. The summed E-state index contributed by atoms with van der Waals surface area (Å²) in [4.78, 5) is 2.41. The summed E-state index contributed by atoms with van der Waals surface area (Å²) in [6.45, 7) is 4.64. The molecule has 2 heteroatoms. The molecular weight excluding hydrogens is 280 g/mol. The van der Waals surface area contributed by atoms with Crippen LogP contribution in [0.25, 0.3) is 0 Å². The van der Waals surface area contributed by atoms with Crippen LogP contribution in [-0.2, 0) is 5.41 Å². The van der Waals surface area contributed by atoms with Gasteiger partial charge < -0.3 is 10.2 Å². The van der Waals surface area contributed by atoms with Crippen LogP contribution in [0.4, 0.5) is 28.4 Å². The minimum atomic E-state index is -0.00754. The first-order valence-electron chi connectivity index (χ1n) is 8.07. The van der Waals surface area contributed by atoms with Gasteiger partial charge in [0.25, 0.3) is 0 Å². The smallest absolute Gasteiger partial charge is 0.0738 e. The van der Waals surface area contributed by atoms with Gasteiger partial charge in [-0.1, -0.05) is 56.3 Å². The Morgan fingerprint density at radius 3 is 2.22 bits per heavy atom. The van der Waals surface area contributed by atoms with Crippen molar-refractivity contribution < 1.29 is 0 Å². The standard InChI is InChI=1S/C21H18N2/c1-21(2)14-8-3-5-12-18(14)23-19-13-6-4-10-16(19)22-17-11-7-9-15(21)20(17)23/h3-13,22H,1-2H3. The summed E-state index contributed by atoms with van der Waals surface area (Å²) in [5.74, 6) is 0. The number of benzene rings is 3.